The van der Waals surface area contributed by atoms with Crippen molar-refractivity contribution in [2.45, 2.75) is 0 Å². The maximum absolute atomic E-state index is 10.0. The molecular weight excluding hydrogens is 156 g/mol. The molecule has 0 aliphatic rings. The van der Waals surface area contributed by atoms with Crippen molar-refractivity contribution in [2.24, 2.45) is 0 Å². The van der Waals surface area contributed by atoms with E-state index in [0.29, 0.717) is 0 Å². The Morgan fingerprint density at radius 2 is 1.36 bits per heavy atom. The van der Waals surface area contributed by atoms with Gasteiger partial charge in [-0.15, -0.1) is 0 Å². The van der Waals surface area contributed by atoms with Crippen LogP contribution in [-0.2, 0) is 23.9 Å². The molecule has 6 nitrogen and oxygen atoms in total. The summed E-state index contributed by atoms with van der Waals surface area (Å²) in [4.78, 5) is 28.5. The van der Waals surface area contributed by atoms with E-state index in [0.717, 1.165) is 14.2 Å². The summed E-state index contributed by atoms with van der Waals surface area (Å²) in [5.74, 6) is -1.96. The van der Waals surface area contributed by atoms with Crippen LogP contribution in [0.5, 0.6) is 0 Å². The minimum atomic E-state index is -0.979. The van der Waals surface area contributed by atoms with Crippen LogP contribution in [0.1, 0.15) is 0 Å². The Kier molecular flexibility index (Phi) is 9.27. The molecule has 0 amide bonds. The van der Waals surface area contributed by atoms with E-state index in [4.69, 9.17) is 9.90 Å². The Balaban J connectivity index is 0. The summed E-state index contributed by atoms with van der Waals surface area (Å²) in [6.07, 6.45) is 0. The number of rotatable bonds is 0. The number of carboxylic acid groups (broad SMARTS) is 1. The summed E-state index contributed by atoms with van der Waals surface area (Å²) in [6, 6.07) is 0. The fourth-order valence-corrected chi connectivity index (χ4v) is 0.167. The minimum absolute atomic E-state index is 0.250. The van der Waals surface area contributed by atoms with Crippen molar-refractivity contribution in [3.8, 4) is 0 Å². The third-order valence-electron chi connectivity index (χ3n) is 0.537. The van der Waals surface area contributed by atoms with Crippen molar-refractivity contribution in [2.75, 3.05) is 14.2 Å². The molecule has 0 saturated heterocycles. The second kappa shape index (κ2) is 8.41. The number of ether oxygens (including phenoxy) is 2. The van der Waals surface area contributed by atoms with E-state index < -0.39 is 11.9 Å². The average molecular weight is 164 g/mol. The predicted octanol–water partition coefficient (Wildman–Crippen LogP) is -0.967. The maximum atomic E-state index is 10.0. The highest BCUT2D eigenvalue weighted by molar-refractivity contribution is 6.29. The van der Waals surface area contributed by atoms with Crippen LogP contribution in [0.25, 0.3) is 0 Å². The lowest BCUT2D eigenvalue weighted by molar-refractivity contribution is -0.164. The molecule has 64 valence electrons. The SMILES string of the molecule is COC(=O)C(=O)OC.O=CO. The first kappa shape index (κ1) is 12.1. The van der Waals surface area contributed by atoms with Gasteiger partial charge in [0, 0.05) is 0 Å². The molecule has 0 rings (SSSR count). The third kappa shape index (κ3) is 8.41. The fourth-order valence-electron chi connectivity index (χ4n) is 0.167. The number of esters is 2. The zero-order valence-corrected chi connectivity index (χ0v) is 6.07. The molecule has 6 heteroatoms. The number of hydrogen-bond donors (Lipinski definition) is 1. The average Bonchev–Trinajstić information content (AvgIpc) is 2.03. The monoisotopic (exact) mass is 164 g/mol. The van der Waals surface area contributed by atoms with Crippen molar-refractivity contribution in [3.05, 3.63) is 0 Å². The lowest BCUT2D eigenvalue weighted by atomic mass is 10.7. The van der Waals surface area contributed by atoms with Gasteiger partial charge in [0.1, 0.15) is 0 Å². The summed E-state index contributed by atoms with van der Waals surface area (Å²) >= 11 is 0. The molecule has 0 aromatic rings. The molecular formula is C5H8O6. The molecule has 0 saturated carbocycles. The van der Waals surface area contributed by atoms with Crippen LogP contribution in [-0.4, -0.2) is 37.7 Å². The predicted molar refractivity (Wildman–Crippen MR) is 32.7 cm³/mol. The van der Waals surface area contributed by atoms with Crippen molar-refractivity contribution >= 4 is 18.4 Å². The van der Waals surface area contributed by atoms with E-state index >= 15 is 0 Å². The second-order valence-corrected chi connectivity index (χ2v) is 1.09. The molecule has 0 aromatic heterocycles. The van der Waals surface area contributed by atoms with Crippen LogP contribution in [0.3, 0.4) is 0 Å². The molecule has 0 bridgehead atoms. The summed E-state index contributed by atoms with van der Waals surface area (Å²) < 4.78 is 7.98. The second-order valence-electron chi connectivity index (χ2n) is 1.09. The van der Waals surface area contributed by atoms with Crippen molar-refractivity contribution in [3.63, 3.8) is 0 Å². The van der Waals surface area contributed by atoms with E-state index in [-0.39, 0.29) is 6.47 Å². The van der Waals surface area contributed by atoms with Crippen LogP contribution >= 0.6 is 0 Å². The molecule has 0 unspecified atom stereocenters. The smallest absolute Gasteiger partial charge is 0.417 e. The Morgan fingerprint density at radius 1 is 1.18 bits per heavy atom. The van der Waals surface area contributed by atoms with Gasteiger partial charge in [0.25, 0.3) is 6.47 Å². The molecule has 0 aromatic carbocycles. The first-order valence-corrected chi connectivity index (χ1v) is 2.38. The Bertz CT molecular complexity index is 126. The van der Waals surface area contributed by atoms with Crippen LogP contribution in [0.2, 0.25) is 0 Å². The highest BCUT2D eigenvalue weighted by Crippen LogP contribution is 1.75. The van der Waals surface area contributed by atoms with Crippen LogP contribution in [0.4, 0.5) is 0 Å². The van der Waals surface area contributed by atoms with Crippen molar-refractivity contribution < 1.29 is 29.0 Å². The molecule has 11 heavy (non-hydrogen) atoms. The van der Waals surface area contributed by atoms with Gasteiger partial charge in [0.05, 0.1) is 14.2 Å². The molecule has 0 spiro atoms. The number of methoxy groups -OCH3 is 2. The standard InChI is InChI=1S/C4H6O4.CH2O2/c1-7-3(5)4(6)8-2;2-1-3/h1-2H3;1H,(H,2,3). The number of hydrogen-bond acceptors (Lipinski definition) is 5. The number of carbonyl (C=O) groups excluding carboxylic acids is 2. The zero-order valence-electron chi connectivity index (χ0n) is 6.07. The normalized spacial score (nSPS) is 6.73. The van der Waals surface area contributed by atoms with E-state index in [1.165, 1.54) is 0 Å². The van der Waals surface area contributed by atoms with Gasteiger partial charge in [-0.1, -0.05) is 0 Å². The summed E-state index contributed by atoms with van der Waals surface area (Å²) in [5, 5.41) is 6.89. The van der Waals surface area contributed by atoms with Gasteiger partial charge in [0.2, 0.25) is 0 Å². The van der Waals surface area contributed by atoms with Gasteiger partial charge in [-0.05, 0) is 0 Å². The lowest BCUT2D eigenvalue weighted by Crippen LogP contribution is -2.16. The Labute approximate surface area is 62.7 Å². The van der Waals surface area contributed by atoms with Gasteiger partial charge in [-0.2, -0.15) is 0 Å². The van der Waals surface area contributed by atoms with Gasteiger partial charge in [-0.25, -0.2) is 9.59 Å². The van der Waals surface area contributed by atoms with Crippen LogP contribution < -0.4 is 0 Å². The van der Waals surface area contributed by atoms with Crippen molar-refractivity contribution in [1.29, 1.82) is 0 Å². The summed E-state index contributed by atoms with van der Waals surface area (Å²) in [6.45, 7) is -0.250. The maximum Gasteiger partial charge on any atom is 0.417 e. The first-order valence-electron chi connectivity index (χ1n) is 2.38. The zero-order chi connectivity index (χ0) is 9.28. The van der Waals surface area contributed by atoms with E-state index in [1.807, 2.05) is 0 Å². The summed E-state index contributed by atoms with van der Waals surface area (Å²) in [7, 11) is 2.22. The van der Waals surface area contributed by atoms with Gasteiger partial charge in [0.15, 0.2) is 0 Å². The number of carbonyl (C=O) groups is 3. The van der Waals surface area contributed by atoms with Crippen molar-refractivity contribution in [1.82, 2.24) is 0 Å². The van der Waals surface area contributed by atoms with Gasteiger partial charge < -0.3 is 14.6 Å². The van der Waals surface area contributed by atoms with E-state index in [9.17, 15) is 9.59 Å². The Hall–Kier alpha value is -1.59. The highest BCUT2D eigenvalue weighted by atomic mass is 16.6. The quantitative estimate of drug-likeness (QED) is 0.281. The summed E-state index contributed by atoms with van der Waals surface area (Å²) in [5.41, 5.74) is 0. The van der Waals surface area contributed by atoms with Crippen LogP contribution in [0, 0.1) is 0 Å². The minimum Gasteiger partial charge on any atom is -0.483 e. The molecule has 0 radical (unpaired) electrons. The first-order chi connectivity index (χ1) is 5.13. The van der Waals surface area contributed by atoms with Crippen LogP contribution in [0.15, 0.2) is 0 Å². The van der Waals surface area contributed by atoms with E-state index in [1.54, 1.807) is 0 Å². The van der Waals surface area contributed by atoms with E-state index in [2.05, 4.69) is 9.47 Å². The third-order valence-corrected chi connectivity index (χ3v) is 0.537. The molecule has 1 N–H and O–H groups in total. The fraction of sp³-hybridized carbons (Fsp3) is 0.400. The molecule has 0 aliphatic carbocycles. The van der Waals surface area contributed by atoms with Gasteiger partial charge >= 0.3 is 11.9 Å². The molecule has 0 heterocycles. The van der Waals surface area contributed by atoms with Gasteiger partial charge in [-0.3, -0.25) is 4.79 Å². The molecule has 0 fully saturated rings. The largest absolute Gasteiger partial charge is 0.483 e. The lowest BCUT2D eigenvalue weighted by Gasteiger charge is -1.92. The Morgan fingerprint density at radius 3 is 1.45 bits per heavy atom. The highest BCUT2D eigenvalue weighted by Gasteiger charge is 2.11. The topological polar surface area (TPSA) is 89.9 Å². The molecule has 0 atom stereocenters. The molecule has 0 aliphatic heterocycles.